The lowest BCUT2D eigenvalue weighted by molar-refractivity contribution is 0.00578. The Kier molecular flexibility index (Phi) is 6.32. The first-order valence-electron chi connectivity index (χ1n) is 9.01. The molecule has 1 aliphatic heterocycles. The molecule has 0 unspecified atom stereocenters. The number of carbonyl (C=O) groups excluding carboxylic acids is 1. The number of nitrogens with one attached hydrogen (secondary N) is 1. The van der Waals surface area contributed by atoms with E-state index in [1.807, 2.05) is 27.7 Å². The zero-order valence-electron chi connectivity index (χ0n) is 17.4. The summed E-state index contributed by atoms with van der Waals surface area (Å²) in [5, 5.41) is 2.78. The number of amides is 1. The van der Waals surface area contributed by atoms with Crippen molar-refractivity contribution in [3.8, 4) is 0 Å². The van der Waals surface area contributed by atoms with Gasteiger partial charge < -0.3 is 25.1 Å². The van der Waals surface area contributed by atoms with Gasteiger partial charge in [0, 0.05) is 18.3 Å². The van der Waals surface area contributed by atoms with Crippen LogP contribution in [0.4, 0.5) is 10.6 Å². The molecule has 2 heterocycles. The third-order valence-corrected chi connectivity index (χ3v) is 4.73. The van der Waals surface area contributed by atoms with Gasteiger partial charge in [0.1, 0.15) is 11.4 Å². The number of anilines is 1. The van der Waals surface area contributed by atoms with Crippen LogP contribution >= 0.6 is 11.6 Å². The summed E-state index contributed by atoms with van der Waals surface area (Å²) in [5.74, 6) is 0.214. The third-order valence-electron chi connectivity index (χ3n) is 4.55. The fourth-order valence-electron chi connectivity index (χ4n) is 2.38. The molecule has 28 heavy (non-hydrogen) atoms. The molecule has 154 valence electrons. The average molecular weight is 411 g/mol. The monoisotopic (exact) mass is 410 g/mol. The first-order chi connectivity index (χ1) is 12.7. The smallest absolute Gasteiger partial charge is 0.444 e. The summed E-state index contributed by atoms with van der Waals surface area (Å²) in [6, 6.07) is 0. The van der Waals surface area contributed by atoms with Gasteiger partial charge in [-0.1, -0.05) is 6.08 Å². The normalized spacial score (nSPS) is 18.9. The largest absolute Gasteiger partial charge is 0.492 e. The number of hydrogen-bond donors (Lipinski definition) is 2. The van der Waals surface area contributed by atoms with E-state index in [0.29, 0.717) is 11.0 Å². The van der Waals surface area contributed by atoms with Crippen LogP contribution in [-0.4, -0.2) is 46.5 Å². The number of aromatic nitrogens is 2. The topological polar surface area (TPSA) is 109 Å². The molecule has 0 radical (unpaired) electrons. The van der Waals surface area contributed by atoms with Gasteiger partial charge in [0.05, 0.1) is 11.2 Å². The molecular weight excluding hydrogens is 382 g/mol. The fourth-order valence-corrected chi connectivity index (χ4v) is 2.52. The molecule has 0 spiro atoms. The number of nitrogens with zero attached hydrogens (tertiary/aromatic N) is 2. The van der Waals surface area contributed by atoms with Crippen LogP contribution in [0.5, 0.6) is 0 Å². The number of ether oxygens (including phenoxy) is 1. The lowest BCUT2D eigenvalue weighted by Gasteiger charge is -2.32. The van der Waals surface area contributed by atoms with E-state index in [1.54, 1.807) is 26.8 Å². The predicted molar refractivity (Wildman–Crippen MR) is 110 cm³/mol. The fraction of sp³-hybridized carbons (Fsp3) is 0.611. The van der Waals surface area contributed by atoms with Crippen molar-refractivity contribution in [2.75, 3.05) is 12.3 Å². The number of carbonyl (C=O) groups is 1. The lowest BCUT2D eigenvalue weighted by Crippen LogP contribution is -2.41. The summed E-state index contributed by atoms with van der Waals surface area (Å²) in [7, 11) is -0.685. The van der Waals surface area contributed by atoms with Gasteiger partial charge in [0.25, 0.3) is 0 Å². The predicted octanol–water partition coefficient (Wildman–Crippen LogP) is 3.25. The van der Waals surface area contributed by atoms with Crippen LogP contribution in [0.2, 0.25) is 5.28 Å². The molecular formula is C18H28BClN4O4. The molecule has 0 aromatic carbocycles. The van der Waals surface area contributed by atoms with Crippen LogP contribution in [-0.2, 0) is 14.0 Å². The van der Waals surface area contributed by atoms with E-state index in [1.165, 1.54) is 6.20 Å². The molecule has 1 amide bonds. The van der Waals surface area contributed by atoms with Crippen molar-refractivity contribution in [3.63, 3.8) is 0 Å². The van der Waals surface area contributed by atoms with Gasteiger partial charge in [-0.05, 0) is 65.5 Å². The summed E-state index contributed by atoms with van der Waals surface area (Å²) < 4.78 is 17.5. The molecule has 1 aromatic heterocycles. The van der Waals surface area contributed by atoms with E-state index in [2.05, 4.69) is 15.3 Å². The SMILES string of the molecule is CC(C)(C)OC(=O)NCC(=Cc1cnc(Cl)nc1N)B1OC(C)(C)C(C)(C)O1. The van der Waals surface area contributed by atoms with E-state index < -0.39 is 30.0 Å². The Labute approximate surface area is 171 Å². The number of halogens is 1. The van der Waals surface area contributed by atoms with Crippen molar-refractivity contribution in [2.24, 2.45) is 0 Å². The van der Waals surface area contributed by atoms with Gasteiger partial charge in [-0.25, -0.2) is 14.8 Å². The molecule has 0 bridgehead atoms. The average Bonchev–Trinajstić information content (AvgIpc) is 2.71. The second kappa shape index (κ2) is 7.89. The van der Waals surface area contributed by atoms with E-state index in [0.717, 1.165) is 0 Å². The highest BCUT2D eigenvalue weighted by Crippen LogP contribution is 2.38. The van der Waals surface area contributed by atoms with Crippen LogP contribution < -0.4 is 11.1 Å². The Hall–Kier alpha value is -1.84. The summed E-state index contributed by atoms with van der Waals surface area (Å²) in [6.45, 7) is 13.3. The van der Waals surface area contributed by atoms with Crippen LogP contribution in [0.15, 0.2) is 11.7 Å². The molecule has 10 heteroatoms. The van der Waals surface area contributed by atoms with Gasteiger partial charge in [0.15, 0.2) is 0 Å². The number of nitrogens with two attached hydrogens (primary N) is 1. The van der Waals surface area contributed by atoms with Crippen molar-refractivity contribution in [3.05, 3.63) is 22.5 Å². The van der Waals surface area contributed by atoms with Gasteiger partial charge in [0.2, 0.25) is 5.28 Å². The maximum absolute atomic E-state index is 12.1. The molecule has 1 fully saturated rings. The van der Waals surface area contributed by atoms with Gasteiger partial charge >= 0.3 is 13.2 Å². The van der Waals surface area contributed by atoms with Crippen molar-refractivity contribution in [1.82, 2.24) is 15.3 Å². The molecule has 1 saturated heterocycles. The minimum Gasteiger partial charge on any atom is -0.444 e. The quantitative estimate of drug-likeness (QED) is 0.579. The minimum absolute atomic E-state index is 0.0544. The highest BCUT2D eigenvalue weighted by atomic mass is 35.5. The van der Waals surface area contributed by atoms with Crippen molar-refractivity contribution >= 4 is 36.7 Å². The van der Waals surface area contributed by atoms with Crippen LogP contribution in [0.25, 0.3) is 6.08 Å². The zero-order chi connectivity index (χ0) is 21.3. The first kappa shape index (κ1) is 22.5. The molecule has 0 saturated carbocycles. The molecule has 0 aliphatic carbocycles. The van der Waals surface area contributed by atoms with Gasteiger partial charge in [-0.3, -0.25) is 0 Å². The highest BCUT2D eigenvalue weighted by molar-refractivity contribution is 6.56. The van der Waals surface area contributed by atoms with Gasteiger partial charge in [-0.2, -0.15) is 0 Å². The summed E-state index contributed by atoms with van der Waals surface area (Å²) in [4.78, 5) is 20.0. The zero-order valence-corrected chi connectivity index (χ0v) is 18.2. The maximum atomic E-state index is 12.1. The Morgan fingerprint density at radius 3 is 2.39 bits per heavy atom. The van der Waals surface area contributed by atoms with Gasteiger partial charge in [-0.15, -0.1) is 0 Å². The van der Waals surface area contributed by atoms with Crippen molar-refractivity contribution in [2.45, 2.75) is 65.3 Å². The Bertz CT molecular complexity index is 761. The molecule has 1 aromatic rings. The van der Waals surface area contributed by atoms with Crippen molar-refractivity contribution < 1.29 is 18.8 Å². The molecule has 2 rings (SSSR count). The van der Waals surface area contributed by atoms with E-state index in [9.17, 15) is 4.79 Å². The lowest BCUT2D eigenvalue weighted by atomic mass is 9.77. The molecule has 3 N–H and O–H groups in total. The second-order valence-corrected chi connectivity index (χ2v) is 8.98. The number of alkyl carbamates (subject to hydrolysis) is 1. The number of rotatable bonds is 4. The van der Waals surface area contributed by atoms with Crippen LogP contribution in [0.3, 0.4) is 0 Å². The minimum atomic E-state index is -0.685. The first-order valence-corrected chi connectivity index (χ1v) is 9.39. The van der Waals surface area contributed by atoms with E-state index in [-0.39, 0.29) is 17.6 Å². The molecule has 8 nitrogen and oxygen atoms in total. The second-order valence-electron chi connectivity index (χ2n) is 8.64. The summed E-state index contributed by atoms with van der Waals surface area (Å²) >= 11 is 5.77. The number of hydrogen-bond acceptors (Lipinski definition) is 7. The summed E-state index contributed by atoms with van der Waals surface area (Å²) in [6.07, 6.45) is 2.68. The highest BCUT2D eigenvalue weighted by Gasteiger charge is 2.52. The van der Waals surface area contributed by atoms with E-state index >= 15 is 0 Å². The maximum Gasteiger partial charge on any atom is 0.492 e. The summed E-state index contributed by atoms with van der Waals surface area (Å²) in [5.41, 5.74) is 5.44. The Balaban J connectivity index is 2.28. The number of nitrogen functional groups attached to an aromatic ring is 1. The molecule has 0 atom stereocenters. The van der Waals surface area contributed by atoms with Crippen LogP contribution in [0, 0.1) is 0 Å². The standard InChI is InChI=1S/C18H28BClN4O4/c1-16(2,3)26-15(25)23-10-12(8-11-9-22-14(20)24-13(11)21)19-27-17(4,5)18(6,7)28-19/h8-9H,10H2,1-7H3,(H,23,25)(H2,21,22,24). The van der Waals surface area contributed by atoms with Crippen molar-refractivity contribution in [1.29, 1.82) is 0 Å². The van der Waals surface area contributed by atoms with E-state index in [4.69, 9.17) is 31.4 Å². The third kappa shape index (κ3) is 5.59. The Morgan fingerprint density at radius 1 is 1.32 bits per heavy atom. The Morgan fingerprint density at radius 2 is 1.89 bits per heavy atom. The van der Waals surface area contributed by atoms with Crippen LogP contribution in [0.1, 0.15) is 54.0 Å². The molecule has 1 aliphatic rings.